The first-order chi connectivity index (χ1) is 2.89. The van der Waals surface area contributed by atoms with Crippen molar-refractivity contribution in [1.82, 2.24) is 0 Å². The van der Waals surface area contributed by atoms with Gasteiger partial charge in [-0.05, 0) is 21.1 Å². The quantitative estimate of drug-likeness (QED) is 0.451. The van der Waals surface area contributed by atoms with Gasteiger partial charge < -0.3 is 0 Å². The van der Waals surface area contributed by atoms with Gasteiger partial charge in [-0.15, -0.1) is 8.19 Å². The van der Waals surface area contributed by atoms with Gasteiger partial charge >= 0.3 is 0 Å². The van der Waals surface area contributed by atoms with Crippen LogP contribution >= 0.6 is 17.4 Å². The fourth-order valence-corrected chi connectivity index (χ4v) is 1.19. The summed E-state index contributed by atoms with van der Waals surface area (Å²) in [4.78, 5) is 0. The molecule has 0 aliphatic carbocycles. The first-order valence-corrected chi connectivity index (χ1v) is 3.24. The Labute approximate surface area is 41.2 Å². The van der Waals surface area contributed by atoms with Crippen molar-refractivity contribution >= 4 is 22.5 Å². The van der Waals surface area contributed by atoms with Crippen molar-refractivity contribution in [2.45, 2.75) is 0 Å². The van der Waals surface area contributed by atoms with Crippen LogP contribution in [0, 0.1) is 0 Å². The highest BCUT2D eigenvalue weighted by atomic mass is 31.1. The van der Waals surface area contributed by atoms with Crippen molar-refractivity contribution in [3.05, 3.63) is 17.9 Å². The van der Waals surface area contributed by atoms with E-state index in [1.54, 1.807) is 0 Å². The molecule has 0 amide bonds. The van der Waals surface area contributed by atoms with Crippen molar-refractivity contribution in [1.29, 1.82) is 0 Å². The molecule has 1 aromatic rings. The van der Waals surface area contributed by atoms with E-state index in [1.165, 1.54) is 5.04 Å². The molecule has 0 saturated carbocycles. The molecule has 2 heteroatoms. The summed E-state index contributed by atoms with van der Waals surface area (Å²) in [5, 5.41) is 1.19. The number of hydrogen-bond donors (Lipinski definition) is 0. The van der Waals surface area contributed by atoms with Crippen LogP contribution in [0.25, 0.3) is 0 Å². The normalized spacial score (nSPS) is 10.2. The highest BCUT2D eigenvalue weighted by Gasteiger charge is 1.74. The molecule has 30 valence electrons. The van der Waals surface area contributed by atoms with Crippen LogP contribution in [-0.2, 0) is 0 Å². The van der Waals surface area contributed by atoms with Crippen molar-refractivity contribution in [2.24, 2.45) is 0 Å². The van der Waals surface area contributed by atoms with E-state index in [0.717, 1.165) is 8.19 Å². The number of rotatable bonds is 0. The van der Waals surface area contributed by atoms with Crippen LogP contribution < -0.4 is 5.04 Å². The van der Waals surface area contributed by atoms with Crippen LogP contribution in [0.2, 0.25) is 0 Å². The monoisotopic (exact) mass is 114 g/mol. The first kappa shape index (κ1) is 4.37. The first-order valence-electron chi connectivity index (χ1n) is 1.72. The zero-order valence-electron chi connectivity index (χ0n) is 3.18. The third kappa shape index (κ3) is 0.834. The van der Waals surface area contributed by atoms with E-state index in [-0.39, 0.29) is 0 Å². The lowest BCUT2D eigenvalue weighted by Gasteiger charge is -1.65. The Morgan fingerprint density at radius 1 is 1.67 bits per heavy atom. The topological polar surface area (TPSA) is 0 Å². The molecule has 1 unspecified atom stereocenters. The van der Waals surface area contributed by atoms with Crippen molar-refractivity contribution in [2.75, 3.05) is 0 Å². The molecule has 1 aromatic heterocycles. The standard InChI is InChI=1S/C4H4P2/c5-4-2-1-3-6-4/h1-3,6H. The summed E-state index contributed by atoms with van der Waals surface area (Å²) in [5.74, 6) is 2.11. The van der Waals surface area contributed by atoms with Gasteiger partial charge in [0.05, 0.1) is 0 Å². The van der Waals surface area contributed by atoms with E-state index in [2.05, 4.69) is 15.0 Å². The second kappa shape index (κ2) is 1.78. The maximum atomic E-state index is 4.10. The molecule has 0 aliphatic rings. The third-order valence-electron chi connectivity index (χ3n) is 0.582. The van der Waals surface area contributed by atoms with Gasteiger partial charge in [0, 0.05) is 5.04 Å². The zero-order valence-corrected chi connectivity index (χ0v) is 5.07. The minimum absolute atomic E-state index is 0.827. The molecule has 0 fully saturated rings. The molecule has 0 N–H and O–H groups in total. The molecule has 0 aliphatic heterocycles. The van der Waals surface area contributed by atoms with Gasteiger partial charge in [-0.25, -0.2) is 0 Å². The van der Waals surface area contributed by atoms with E-state index in [1.807, 2.05) is 12.1 Å². The lowest BCUT2D eigenvalue weighted by atomic mass is 10.7. The average molecular weight is 114 g/mol. The molecule has 0 aromatic carbocycles. The maximum Gasteiger partial charge on any atom is 0.00229 e. The van der Waals surface area contributed by atoms with Gasteiger partial charge in [-0.3, -0.25) is 0 Å². The van der Waals surface area contributed by atoms with Crippen LogP contribution in [0.5, 0.6) is 0 Å². The molecule has 0 bridgehead atoms. The predicted molar refractivity (Wildman–Crippen MR) is 32.5 cm³/mol. The van der Waals surface area contributed by atoms with E-state index < -0.39 is 0 Å². The van der Waals surface area contributed by atoms with E-state index in [4.69, 9.17) is 0 Å². The summed E-state index contributed by atoms with van der Waals surface area (Å²) in [5.41, 5.74) is 0. The van der Waals surface area contributed by atoms with Crippen molar-refractivity contribution in [3.63, 3.8) is 0 Å². The molecule has 6 heavy (non-hydrogen) atoms. The summed E-state index contributed by atoms with van der Waals surface area (Å²) in [6, 6.07) is 4.04. The summed E-state index contributed by atoms with van der Waals surface area (Å²) in [6.45, 7) is 0. The Morgan fingerprint density at radius 3 is 2.67 bits per heavy atom. The highest BCUT2D eigenvalue weighted by Crippen LogP contribution is 2.03. The Hall–Kier alpha value is 0.210. The minimum atomic E-state index is 0.827. The SMILES string of the molecule is [P]c1ccc[pH]1. The second-order valence-corrected chi connectivity index (χ2v) is 3.12. The second-order valence-electron chi connectivity index (χ2n) is 1.06. The molecule has 0 saturated heterocycles. The summed E-state index contributed by atoms with van der Waals surface area (Å²) in [6.07, 6.45) is 0. The third-order valence-corrected chi connectivity index (χ3v) is 1.94. The average Bonchev–Trinajstić information content (AvgIpc) is 1.86. The molecule has 2 radical (unpaired) electrons. The van der Waals surface area contributed by atoms with Crippen LogP contribution in [-0.4, -0.2) is 0 Å². The van der Waals surface area contributed by atoms with E-state index >= 15 is 0 Å². The van der Waals surface area contributed by atoms with Crippen LogP contribution in [0.1, 0.15) is 0 Å². The summed E-state index contributed by atoms with van der Waals surface area (Å²) >= 11 is 0. The van der Waals surface area contributed by atoms with E-state index in [9.17, 15) is 0 Å². The Balaban J connectivity index is 3.05. The summed E-state index contributed by atoms with van der Waals surface area (Å²) in [7, 11) is 4.93. The maximum absolute atomic E-state index is 4.10. The van der Waals surface area contributed by atoms with Gasteiger partial charge in [0.15, 0.2) is 0 Å². The minimum Gasteiger partial charge on any atom is -0.131 e. The molecule has 0 spiro atoms. The molecule has 0 nitrogen and oxygen atoms in total. The van der Waals surface area contributed by atoms with Crippen LogP contribution in [0.15, 0.2) is 17.9 Å². The predicted octanol–water partition coefficient (Wildman–Crippen LogP) is 1.75. The highest BCUT2D eigenvalue weighted by molar-refractivity contribution is 7.51. The molecule has 1 rings (SSSR count). The Kier molecular flexibility index (Phi) is 1.29. The van der Waals surface area contributed by atoms with Crippen molar-refractivity contribution in [3.8, 4) is 0 Å². The van der Waals surface area contributed by atoms with Gasteiger partial charge in [0.25, 0.3) is 0 Å². The molecular formula is C4H4P2. The van der Waals surface area contributed by atoms with Crippen LogP contribution in [0.3, 0.4) is 0 Å². The lowest BCUT2D eigenvalue weighted by Crippen LogP contribution is -1.66. The number of hydrogen-bond acceptors (Lipinski definition) is 0. The smallest absolute Gasteiger partial charge is 0.00229 e. The fourth-order valence-electron chi connectivity index (χ4n) is 0.321. The lowest BCUT2D eigenvalue weighted by molar-refractivity contribution is 2.08. The van der Waals surface area contributed by atoms with Crippen molar-refractivity contribution < 1.29 is 0 Å². The molecular weight excluding hydrogens is 110 g/mol. The van der Waals surface area contributed by atoms with Gasteiger partial charge in [-0.1, -0.05) is 6.07 Å². The summed E-state index contributed by atoms with van der Waals surface area (Å²) < 4.78 is 0. The van der Waals surface area contributed by atoms with Gasteiger partial charge in [-0.2, -0.15) is 0 Å². The van der Waals surface area contributed by atoms with Crippen LogP contribution in [0.4, 0.5) is 0 Å². The van der Waals surface area contributed by atoms with Gasteiger partial charge in [0.1, 0.15) is 0 Å². The Morgan fingerprint density at radius 2 is 2.50 bits per heavy atom. The van der Waals surface area contributed by atoms with Gasteiger partial charge in [0.2, 0.25) is 0 Å². The fraction of sp³-hybridized carbons (Fsp3) is 0. The molecule has 1 heterocycles. The largest absolute Gasteiger partial charge is 0.131 e. The molecule has 1 atom stereocenters. The Bertz CT molecular complexity index is 109. The zero-order chi connectivity index (χ0) is 4.41. The van der Waals surface area contributed by atoms with E-state index in [0.29, 0.717) is 0 Å².